The highest BCUT2D eigenvalue weighted by Gasteiger charge is 2.34. The standard InChI is InChI=1S/C18H12ClN7O/c19-12-8-6-11(7-9-12)16-13-14(10-4-2-1-3-5-10)21-22-17(27)15(13)20-18-23-24-25-26(16)18/h1-9,16H,(H,22,27)(H,20,23,25)/t16-/m1/s1. The molecule has 9 heteroatoms. The molecule has 5 rings (SSSR count). The Morgan fingerprint density at radius 1 is 1.04 bits per heavy atom. The van der Waals surface area contributed by atoms with Crippen molar-refractivity contribution < 1.29 is 0 Å². The highest BCUT2D eigenvalue weighted by atomic mass is 35.5. The molecule has 8 nitrogen and oxygen atoms in total. The highest BCUT2D eigenvalue weighted by molar-refractivity contribution is 6.30. The fourth-order valence-corrected chi connectivity index (χ4v) is 3.43. The monoisotopic (exact) mass is 377 g/mol. The van der Waals surface area contributed by atoms with Gasteiger partial charge < -0.3 is 5.32 Å². The molecule has 0 spiro atoms. The van der Waals surface area contributed by atoms with Crippen molar-refractivity contribution in [1.29, 1.82) is 0 Å². The number of hydrogen-bond donors (Lipinski definition) is 2. The molecule has 0 unspecified atom stereocenters. The largest absolute Gasteiger partial charge is 0.318 e. The second kappa shape index (κ2) is 6.03. The van der Waals surface area contributed by atoms with Gasteiger partial charge in [0, 0.05) is 16.1 Å². The minimum atomic E-state index is -0.423. The summed E-state index contributed by atoms with van der Waals surface area (Å²) in [6, 6.07) is 16.6. The molecular weight excluding hydrogens is 366 g/mol. The number of anilines is 2. The quantitative estimate of drug-likeness (QED) is 0.490. The predicted octanol–water partition coefficient (Wildman–Crippen LogP) is 2.77. The van der Waals surface area contributed by atoms with Gasteiger partial charge in [0.15, 0.2) is 0 Å². The van der Waals surface area contributed by atoms with Crippen LogP contribution in [0.2, 0.25) is 5.02 Å². The van der Waals surface area contributed by atoms with Crippen LogP contribution in [0.4, 0.5) is 11.6 Å². The van der Waals surface area contributed by atoms with Gasteiger partial charge in [-0.3, -0.25) is 4.79 Å². The third-order valence-corrected chi connectivity index (χ3v) is 4.75. The molecule has 0 amide bonds. The van der Waals surface area contributed by atoms with Gasteiger partial charge in [0.25, 0.3) is 5.56 Å². The van der Waals surface area contributed by atoms with Gasteiger partial charge >= 0.3 is 0 Å². The van der Waals surface area contributed by atoms with Gasteiger partial charge in [0.05, 0.1) is 5.69 Å². The van der Waals surface area contributed by atoms with E-state index in [2.05, 4.69) is 31.0 Å². The van der Waals surface area contributed by atoms with E-state index >= 15 is 0 Å². The lowest BCUT2D eigenvalue weighted by molar-refractivity contribution is 0.567. The van der Waals surface area contributed by atoms with E-state index in [0.29, 0.717) is 27.9 Å². The van der Waals surface area contributed by atoms with E-state index in [1.165, 1.54) is 0 Å². The second-order valence-electron chi connectivity index (χ2n) is 6.08. The maximum Gasteiger partial charge on any atom is 0.288 e. The Kier molecular flexibility index (Phi) is 3.51. The molecule has 2 N–H and O–H groups in total. The van der Waals surface area contributed by atoms with Crippen LogP contribution in [0.3, 0.4) is 0 Å². The lowest BCUT2D eigenvalue weighted by atomic mass is 9.92. The lowest BCUT2D eigenvalue weighted by Gasteiger charge is -2.27. The summed E-state index contributed by atoms with van der Waals surface area (Å²) in [4.78, 5) is 12.5. The molecule has 4 aromatic rings. The number of H-pyrrole nitrogens is 1. The number of nitrogens with one attached hydrogen (secondary N) is 2. The van der Waals surface area contributed by atoms with Gasteiger partial charge in [-0.1, -0.05) is 59.2 Å². The van der Waals surface area contributed by atoms with E-state index in [0.717, 1.165) is 11.1 Å². The van der Waals surface area contributed by atoms with Crippen LogP contribution in [0.25, 0.3) is 11.3 Å². The minimum Gasteiger partial charge on any atom is -0.318 e. The summed E-state index contributed by atoms with van der Waals surface area (Å²) < 4.78 is 1.64. The number of aromatic amines is 1. The molecule has 0 saturated carbocycles. The molecule has 1 atom stereocenters. The Bertz CT molecular complexity index is 1180. The van der Waals surface area contributed by atoms with Crippen molar-refractivity contribution in [1.82, 2.24) is 30.4 Å². The zero-order chi connectivity index (χ0) is 18.4. The number of nitrogens with zero attached hydrogens (tertiary/aromatic N) is 5. The molecule has 3 heterocycles. The summed E-state index contributed by atoms with van der Waals surface area (Å²) in [7, 11) is 0. The number of tetrazole rings is 1. The molecule has 1 aliphatic rings. The topological polar surface area (TPSA) is 101 Å². The SMILES string of the molecule is O=c1[nH]nc(-c2ccccc2)c2c1Nc1nnnn1[C@@H]2c1ccc(Cl)cc1. The second-order valence-corrected chi connectivity index (χ2v) is 6.52. The first-order valence-corrected chi connectivity index (χ1v) is 8.58. The summed E-state index contributed by atoms with van der Waals surface area (Å²) in [5.74, 6) is 0.387. The van der Waals surface area contributed by atoms with Crippen molar-refractivity contribution in [2.75, 3.05) is 5.32 Å². The molecule has 2 aromatic carbocycles. The Hall–Kier alpha value is -3.52. The molecule has 0 bridgehead atoms. The normalized spacial score (nSPS) is 14.9. The average Bonchev–Trinajstić information content (AvgIpc) is 3.17. The molecule has 2 aromatic heterocycles. The van der Waals surface area contributed by atoms with Crippen LogP contribution in [0.5, 0.6) is 0 Å². The van der Waals surface area contributed by atoms with Crippen molar-refractivity contribution in [3.05, 3.63) is 81.1 Å². The number of hydrogen-bond acceptors (Lipinski definition) is 6. The lowest BCUT2D eigenvalue weighted by Crippen LogP contribution is -2.29. The highest BCUT2D eigenvalue weighted by Crippen LogP contribution is 2.40. The summed E-state index contributed by atoms with van der Waals surface area (Å²) in [5.41, 5.74) is 3.16. The molecular formula is C18H12ClN7O. The van der Waals surface area contributed by atoms with Crippen LogP contribution in [0.1, 0.15) is 17.2 Å². The van der Waals surface area contributed by atoms with E-state index in [1.54, 1.807) is 16.8 Å². The molecule has 1 aliphatic heterocycles. The number of fused-ring (bicyclic) bond motifs is 2. The van der Waals surface area contributed by atoms with Crippen LogP contribution in [0, 0.1) is 0 Å². The first-order valence-electron chi connectivity index (χ1n) is 8.21. The fourth-order valence-electron chi connectivity index (χ4n) is 3.31. The van der Waals surface area contributed by atoms with Crippen molar-refractivity contribution in [3.8, 4) is 11.3 Å². The number of benzene rings is 2. The third kappa shape index (κ3) is 2.49. The van der Waals surface area contributed by atoms with Gasteiger partial charge in [-0.05, 0) is 28.1 Å². The van der Waals surface area contributed by atoms with Crippen LogP contribution in [-0.2, 0) is 0 Å². The van der Waals surface area contributed by atoms with E-state index < -0.39 is 6.04 Å². The van der Waals surface area contributed by atoms with Crippen LogP contribution >= 0.6 is 11.6 Å². The van der Waals surface area contributed by atoms with E-state index in [4.69, 9.17) is 11.6 Å². The van der Waals surface area contributed by atoms with Crippen LogP contribution in [0.15, 0.2) is 59.4 Å². The van der Waals surface area contributed by atoms with Crippen molar-refractivity contribution in [2.24, 2.45) is 0 Å². The Morgan fingerprint density at radius 2 is 1.81 bits per heavy atom. The average molecular weight is 378 g/mol. The molecule has 132 valence electrons. The van der Waals surface area contributed by atoms with E-state index in [9.17, 15) is 4.79 Å². The maximum absolute atomic E-state index is 12.5. The van der Waals surface area contributed by atoms with Crippen LogP contribution in [-0.4, -0.2) is 30.4 Å². The Labute approximate surface area is 157 Å². The zero-order valence-electron chi connectivity index (χ0n) is 13.8. The number of aromatic nitrogens is 6. The van der Waals surface area contributed by atoms with Gasteiger partial charge in [-0.15, -0.1) is 0 Å². The summed E-state index contributed by atoms with van der Waals surface area (Å²) in [5, 5.41) is 22.4. The fraction of sp³-hybridized carbons (Fsp3) is 0.0556. The molecule has 0 fully saturated rings. The predicted molar refractivity (Wildman–Crippen MR) is 100 cm³/mol. The van der Waals surface area contributed by atoms with Gasteiger partial charge in [0.1, 0.15) is 11.7 Å². The third-order valence-electron chi connectivity index (χ3n) is 4.50. The Balaban J connectivity index is 1.83. The van der Waals surface area contributed by atoms with Gasteiger partial charge in [0.2, 0.25) is 5.95 Å². The zero-order valence-corrected chi connectivity index (χ0v) is 14.6. The molecule has 0 radical (unpaired) electrons. The van der Waals surface area contributed by atoms with Gasteiger partial charge in [-0.2, -0.15) is 9.78 Å². The first-order chi connectivity index (χ1) is 13.2. The Morgan fingerprint density at radius 3 is 2.59 bits per heavy atom. The van der Waals surface area contributed by atoms with E-state index in [-0.39, 0.29) is 5.56 Å². The van der Waals surface area contributed by atoms with Crippen molar-refractivity contribution in [3.63, 3.8) is 0 Å². The maximum atomic E-state index is 12.5. The summed E-state index contributed by atoms with van der Waals surface area (Å²) in [6.07, 6.45) is 0. The van der Waals surface area contributed by atoms with E-state index in [1.807, 2.05) is 42.5 Å². The summed E-state index contributed by atoms with van der Waals surface area (Å²) >= 11 is 6.06. The first kappa shape index (κ1) is 15.7. The van der Waals surface area contributed by atoms with Crippen molar-refractivity contribution in [2.45, 2.75) is 6.04 Å². The number of rotatable bonds is 2. The summed E-state index contributed by atoms with van der Waals surface area (Å²) in [6.45, 7) is 0. The molecule has 0 aliphatic carbocycles. The number of halogens is 1. The van der Waals surface area contributed by atoms with Gasteiger partial charge in [-0.25, -0.2) is 5.10 Å². The van der Waals surface area contributed by atoms with Crippen LogP contribution < -0.4 is 10.9 Å². The smallest absolute Gasteiger partial charge is 0.288 e. The molecule has 27 heavy (non-hydrogen) atoms. The van der Waals surface area contributed by atoms with Crippen molar-refractivity contribution >= 4 is 23.2 Å². The molecule has 0 saturated heterocycles. The minimum absolute atomic E-state index is 0.335.